The van der Waals surface area contributed by atoms with Crippen molar-refractivity contribution >= 4 is 5.97 Å². The molecule has 1 aliphatic rings. The van der Waals surface area contributed by atoms with Gasteiger partial charge in [-0.1, -0.05) is 0 Å². The molecule has 5 heteroatoms. The summed E-state index contributed by atoms with van der Waals surface area (Å²) >= 11 is 0. The molecule has 1 saturated heterocycles. The highest BCUT2D eigenvalue weighted by molar-refractivity contribution is 5.73. The molecule has 0 radical (unpaired) electrons. The van der Waals surface area contributed by atoms with Gasteiger partial charge in [-0.25, -0.2) is 0 Å². The van der Waals surface area contributed by atoms with Gasteiger partial charge in [0.05, 0.1) is 12.8 Å². The molecule has 2 N–H and O–H groups in total. The Morgan fingerprint density at radius 2 is 2.39 bits per heavy atom. The molecule has 0 spiro atoms. The van der Waals surface area contributed by atoms with Gasteiger partial charge in [-0.3, -0.25) is 15.1 Å². The third-order valence-electron chi connectivity index (χ3n) is 3.13. The van der Waals surface area contributed by atoms with Gasteiger partial charge in [0, 0.05) is 12.2 Å². The van der Waals surface area contributed by atoms with Crippen LogP contribution in [0, 0.1) is 0 Å². The monoisotopic (exact) mass is 250 g/mol. The van der Waals surface area contributed by atoms with E-state index in [4.69, 9.17) is 9.84 Å². The Balaban J connectivity index is 2.10. The molecule has 18 heavy (non-hydrogen) atoms. The number of ether oxygens (including phenoxy) is 1. The molecule has 2 rings (SSSR count). The molecule has 2 heterocycles. The number of carboxylic acids is 1. The van der Waals surface area contributed by atoms with Crippen molar-refractivity contribution in [2.75, 3.05) is 6.61 Å². The van der Waals surface area contributed by atoms with Gasteiger partial charge < -0.3 is 9.84 Å². The second kappa shape index (κ2) is 5.82. The van der Waals surface area contributed by atoms with Crippen LogP contribution in [0.15, 0.2) is 18.5 Å². The average molecular weight is 250 g/mol. The van der Waals surface area contributed by atoms with Crippen LogP contribution in [0.3, 0.4) is 0 Å². The summed E-state index contributed by atoms with van der Waals surface area (Å²) in [5.41, 5.74) is 0.993. The maximum Gasteiger partial charge on any atom is 0.320 e. The van der Waals surface area contributed by atoms with E-state index in [-0.39, 0.29) is 6.04 Å². The standard InChI is InChI=1S/C13H18N2O3/c1-2-18-10-6-9(7-14-8-10)11-4-3-5-12(15-11)13(16)17/h6-8,11-12,15H,2-5H2,1H3,(H,16,17). The number of carboxylic acid groups (broad SMARTS) is 1. The minimum Gasteiger partial charge on any atom is -0.492 e. The van der Waals surface area contributed by atoms with E-state index in [1.807, 2.05) is 13.0 Å². The molecule has 5 nitrogen and oxygen atoms in total. The van der Waals surface area contributed by atoms with E-state index in [1.165, 1.54) is 0 Å². The number of aliphatic carboxylic acids is 1. The lowest BCUT2D eigenvalue weighted by Gasteiger charge is -2.28. The number of carbonyl (C=O) groups is 1. The summed E-state index contributed by atoms with van der Waals surface area (Å²) in [5, 5.41) is 12.2. The van der Waals surface area contributed by atoms with Crippen molar-refractivity contribution in [1.82, 2.24) is 10.3 Å². The van der Waals surface area contributed by atoms with Crippen molar-refractivity contribution < 1.29 is 14.6 Å². The largest absolute Gasteiger partial charge is 0.492 e. The Labute approximate surface area is 106 Å². The number of aromatic nitrogens is 1. The number of nitrogens with zero attached hydrogens (tertiary/aromatic N) is 1. The van der Waals surface area contributed by atoms with Crippen LogP contribution in [-0.2, 0) is 4.79 Å². The summed E-state index contributed by atoms with van der Waals surface area (Å²) in [6.07, 6.45) is 5.97. The maximum atomic E-state index is 11.0. The maximum absolute atomic E-state index is 11.0. The van der Waals surface area contributed by atoms with Gasteiger partial charge >= 0.3 is 5.97 Å². The quantitative estimate of drug-likeness (QED) is 0.851. The molecule has 0 amide bonds. The molecule has 1 fully saturated rings. The first-order valence-corrected chi connectivity index (χ1v) is 6.27. The lowest BCUT2D eigenvalue weighted by molar-refractivity contribution is -0.140. The third-order valence-corrected chi connectivity index (χ3v) is 3.13. The molecule has 1 aromatic rings. The lowest BCUT2D eigenvalue weighted by atomic mass is 9.94. The fourth-order valence-electron chi connectivity index (χ4n) is 2.27. The molecular formula is C13H18N2O3. The first kappa shape index (κ1) is 12.8. The van der Waals surface area contributed by atoms with Crippen molar-refractivity contribution in [3.63, 3.8) is 0 Å². The van der Waals surface area contributed by atoms with Crippen molar-refractivity contribution in [3.05, 3.63) is 24.0 Å². The summed E-state index contributed by atoms with van der Waals surface area (Å²) in [5.74, 6) is -0.0529. The average Bonchev–Trinajstić information content (AvgIpc) is 2.39. The van der Waals surface area contributed by atoms with Crippen LogP contribution in [0.4, 0.5) is 0 Å². The molecule has 0 saturated carbocycles. The Bertz CT molecular complexity index is 422. The first-order valence-electron chi connectivity index (χ1n) is 6.27. The first-order chi connectivity index (χ1) is 8.70. The zero-order valence-corrected chi connectivity index (χ0v) is 10.4. The number of hydrogen-bond donors (Lipinski definition) is 2. The predicted molar refractivity (Wildman–Crippen MR) is 66.6 cm³/mol. The minimum atomic E-state index is -0.784. The molecule has 0 aliphatic carbocycles. The summed E-state index contributed by atoms with van der Waals surface area (Å²) in [6.45, 7) is 2.52. The fraction of sp³-hybridized carbons (Fsp3) is 0.538. The predicted octanol–water partition coefficient (Wildman–Crippen LogP) is 1.75. The highest BCUT2D eigenvalue weighted by Crippen LogP contribution is 2.27. The van der Waals surface area contributed by atoms with E-state index in [0.717, 1.165) is 24.2 Å². The van der Waals surface area contributed by atoms with E-state index in [9.17, 15) is 4.79 Å². The van der Waals surface area contributed by atoms with Gasteiger partial charge in [-0.05, 0) is 37.8 Å². The van der Waals surface area contributed by atoms with Gasteiger partial charge in [-0.15, -0.1) is 0 Å². The molecule has 1 aliphatic heterocycles. The summed E-state index contributed by atoms with van der Waals surface area (Å²) in [7, 11) is 0. The van der Waals surface area contributed by atoms with Crippen LogP contribution in [-0.4, -0.2) is 28.7 Å². The Morgan fingerprint density at radius 1 is 1.56 bits per heavy atom. The molecule has 0 bridgehead atoms. The van der Waals surface area contributed by atoms with Crippen LogP contribution in [0.1, 0.15) is 37.8 Å². The SMILES string of the molecule is CCOc1cncc(C2CCCC(C(=O)O)N2)c1. The second-order valence-corrected chi connectivity index (χ2v) is 4.43. The summed E-state index contributed by atoms with van der Waals surface area (Å²) < 4.78 is 5.41. The van der Waals surface area contributed by atoms with Crippen LogP contribution in [0.25, 0.3) is 0 Å². The van der Waals surface area contributed by atoms with Gasteiger partial charge in [0.15, 0.2) is 0 Å². The van der Waals surface area contributed by atoms with E-state index in [0.29, 0.717) is 13.0 Å². The Morgan fingerprint density at radius 3 is 3.11 bits per heavy atom. The van der Waals surface area contributed by atoms with E-state index in [2.05, 4.69) is 10.3 Å². The van der Waals surface area contributed by atoms with E-state index < -0.39 is 12.0 Å². The zero-order chi connectivity index (χ0) is 13.0. The van der Waals surface area contributed by atoms with Crippen molar-refractivity contribution in [3.8, 4) is 5.75 Å². The van der Waals surface area contributed by atoms with Crippen LogP contribution >= 0.6 is 0 Å². The van der Waals surface area contributed by atoms with Crippen LogP contribution < -0.4 is 10.1 Å². The van der Waals surface area contributed by atoms with E-state index in [1.54, 1.807) is 12.4 Å². The molecule has 2 unspecified atom stereocenters. The molecule has 0 aromatic carbocycles. The number of hydrogen-bond acceptors (Lipinski definition) is 4. The van der Waals surface area contributed by atoms with E-state index >= 15 is 0 Å². The Kier molecular flexibility index (Phi) is 4.15. The lowest BCUT2D eigenvalue weighted by Crippen LogP contribution is -2.42. The number of rotatable bonds is 4. The highest BCUT2D eigenvalue weighted by Gasteiger charge is 2.27. The van der Waals surface area contributed by atoms with Crippen molar-refractivity contribution in [1.29, 1.82) is 0 Å². The molecule has 98 valence electrons. The second-order valence-electron chi connectivity index (χ2n) is 4.43. The number of nitrogens with one attached hydrogen (secondary N) is 1. The van der Waals surface area contributed by atoms with Gasteiger partial charge in [0.25, 0.3) is 0 Å². The minimum absolute atomic E-state index is 0.0488. The molecule has 2 atom stereocenters. The fourth-order valence-corrected chi connectivity index (χ4v) is 2.27. The highest BCUT2D eigenvalue weighted by atomic mass is 16.5. The van der Waals surface area contributed by atoms with Gasteiger partial charge in [0.1, 0.15) is 11.8 Å². The van der Waals surface area contributed by atoms with Crippen molar-refractivity contribution in [2.45, 2.75) is 38.3 Å². The Hall–Kier alpha value is -1.62. The summed E-state index contributed by atoms with van der Waals surface area (Å²) in [4.78, 5) is 15.1. The van der Waals surface area contributed by atoms with Gasteiger partial charge in [-0.2, -0.15) is 0 Å². The van der Waals surface area contributed by atoms with Crippen LogP contribution in [0.2, 0.25) is 0 Å². The van der Waals surface area contributed by atoms with Crippen molar-refractivity contribution in [2.24, 2.45) is 0 Å². The molecular weight excluding hydrogens is 232 g/mol. The molecule has 1 aromatic heterocycles. The topological polar surface area (TPSA) is 71.5 Å². The summed E-state index contributed by atoms with van der Waals surface area (Å²) in [6, 6.07) is 1.52. The number of pyridine rings is 1. The van der Waals surface area contributed by atoms with Gasteiger partial charge in [0.2, 0.25) is 0 Å². The number of piperidine rings is 1. The third kappa shape index (κ3) is 2.98. The normalized spacial score (nSPS) is 23.6. The smallest absolute Gasteiger partial charge is 0.320 e. The zero-order valence-electron chi connectivity index (χ0n) is 10.4. The van der Waals surface area contributed by atoms with Crippen LogP contribution in [0.5, 0.6) is 5.75 Å².